The van der Waals surface area contributed by atoms with Crippen molar-refractivity contribution < 1.29 is 14.3 Å². The summed E-state index contributed by atoms with van der Waals surface area (Å²) in [5.41, 5.74) is 5.84. The number of fused-ring (bicyclic) bond motifs is 4. The zero-order valence-corrected chi connectivity index (χ0v) is 26.0. The molecule has 0 saturated heterocycles. The molecule has 0 amide bonds. The van der Waals surface area contributed by atoms with Gasteiger partial charge in [-0.2, -0.15) is 4.98 Å². The normalized spacial score (nSPS) is 22.3. The van der Waals surface area contributed by atoms with E-state index in [-0.39, 0.29) is 17.3 Å². The first-order chi connectivity index (χ1) is 19.6. The number of hydrogen-bond donors (Lipinski definition) is 1. The number of carbonyl (C=O) groups excluding carboxylic acids is 1. The minimum atomic E-state index is -0.0621. The van der Waals surface area contributed by atoms with Crippen LogP contribution in [0.25, 0.3) is 11.3 Å². The van der Waals surface area contributed by atoms with Crippen LogP contribution in [0.3, 0.4) is 0 Å². The molecule has 1 aromatic heterocycles. The summed E-state index contributed by atoms with van der Waals surface area (Å²) in [6, 6.07) is 17.2. The van der Waals surface area contributed by atoms with Crippen LogP contribution in [0.1, 0.15) is 75.5 Å². The molecule has 2 aromatic carbocycles. The molecule has 5 rings (SSSR count). The van der Waals surface area contributed by atoms with Gasteiger partial charge in [0.2, 0.25) is 11.8 Å². The number of aryl methyl sites for hydroxylation is 2. The average molecular weight is 574 g/mol. The van der Waals surface area contributed by atoms with E-state index in [0.29, 0.717) is 36.2 Å². The SMILES string of the molecule is COC(=O)C1CC(CCC2c3cccc(c3)SNc3nc(cc(-c4c(C)cccc4C)n3)OCC2CC(C)(C)C)C1. The van der Waals surface area contributed by atoms with Crippen LogP contribution in [0.2, 0.25) is 0 Å². The van der Waals surface area contributed by atoms with Gasteiger partial charge in [0.15, 0.2) is 0 Å². The minimum absolute atomic E-state index is 0.0621. The maximum absolute atomic E-state index is 12.0. The van der Waals surface area contributed by atoms with Crippen molar-refractivity contribution in [1.82, 2.24) is 9.97 Å². The Balaban J connectivity index is 1.46. The third-order valence-corrected chi connectivity index (χ3v) is 9.31. The van der Waals surface area contributed by atoms with Gasteiger partial charge in [-0.3, -0.25) is 9.52 Å². The van der Waals surface area contributed by atoms with Crippen molar-refractivity contribution in [1.29, 1.82) is 0 Å². The Bertz CT molecular complexity index is 1360. The highest BCUT2D eigenvalue weighted by atomic mass is 32.2. The molecule has 1 fully saturated rings. The Morgan fingerprint density at radius 3 is 2.49 bits per heavy atom. The maximum Gasteiger partial charge on any atom is 0.308 e. The second-order valence-electron chi connectivity index (χ2n) is 13.0. The van der Waals surface area contributed by atoms with Gasteiger partial charge in [-0.15, -0.1) is 0 Å². The quantitative estimate of drug-likeness (QED) is 0.234. The van der Waals surface area contributed by atoms with Gasteiger partial charge in [0.05, 0.1) is 25.3 Å². The molecule has 41 heavy (non-hydrogen) atoms. The van der Waals surface area contributed by atoms with Gasteiger partial charge in [0.1, 0.15) is 0 Å². The van der Waals surface area contributed by atoms with E-state index < -0.39 is 0 Å². The molecule has 2 unspecified atom stereocenters. The van der Waals surface area contributed by atoms with E-state index in [9.17, 15) is 4.79 Å². The highest BCUT2D eigenvalue weighted by molar-refractivity contribution is 8.00. The number of hydrogen-bond acceptors (Lipinski definition) is 7. The van der Waals surface area contributed by atoms with Crippen molar-refractivity contribution in [2.75, 3.05) is 18.4 Å². The smallest absolute Gasteiger partial charge is 0.308 e. The van der Waals surface area contributed by atoms with E-state index in [0.717, 1.165) is 48.3 Å². The summed E-state index contributed by atoms with van der Waals surface area (Å²) in [5.74, 6) is 2.37. The Morgan fingerprint density at radius 2 is 1.78 bits per heavy atom. The van der Waals surface area contributed by atoms with Crippen molar-refractivity contribution in [2.45, 2.75) is 77.5 Å². The zero-order chi connectivity index (χ0) is 29.1. The molecule has 1 aliphatic heterocycles. The second kappa shape index (κ2) is 12.4. The van der Waals surface area contributed by atoms with Crippen molar-refractivity contribution >= 4 is 23.9 Å². The summed E-state index contributed by atoms with van der Waals surface area (Å²) >= 11 is 1.54. The Labute approximate surface area is 249 Å². The van der Waals surface area contributed by atoms with E-state index in [1.807, 2.05) is 6.07 Å². The lowest BCUT2D eigenvalue weighted by Crippen LogP contribution is -2.32. The first kappa shape index (κ1) is 29.4. The standard InChI is InChI=1S/C34H43N3O3S/c1-21-9-7-10-22(2)31(21)29-18-30-36-33(35-29)37-41-27-12-8-11-24(17-27)28(26(20-40-30)19-34(3,4)5)14-13-23-15-25(16-23)32(38)39-6/h7-12,17-18,23,25-26,28H,13-16,19-20H2,1-6H3,(H,35,36,37). The topological polar surface area (TPSA) is 73.3 Å². The minimum Gasteiger partial charge on any atom is -0.477 e. The van der Waals surface area contributed by atoms with Crippen LogP contribution in [0, 0.1) is 37.0 Å². The molecular weight excluding hydrogens is 530 g/mol. The fourth-order valence-electron chi connectivity index (χ4n) is 6.52. The highest BCUT2D eigenvalue weighted by Gasteiger charge is 2.36. The predicted molar refractivity (Wildman–Crippen MR) is 166 cm³/mol. The largest absolute Gasteiger partial charge is 0.477 e. The predicted octanol–water partition coefficient (Wildman–Crippen LogP) is 8.39. The number of methoxy groups -OCH3 is 1. The molecule has 3 aromatic rings. The lowest BCUT2D eigenvalue weighted by atomic mass is 9.69. The molecule has 1 N–H and O–H groups in total. The van der Waals surface area contributed by atoms with E-state index in [4.69, 9.17) is 19.4 Å². The number of carbonyl (C=O) groups is 1. The van der Waals surface area contributed by atoms with E-state index in [1.165, 1.54) is 35.7 Å². The first-order valence-corrected chi connectivity index (χ1v) is 15.6. The number of benzene rings is 2. The summed E-state index contributed by atoms with van der Waals surface area (Å²) in [6.07, 6.45) is 5.06. The number of ether oxygens (including phenoxy) is 2. The highest BCUT2D eigenvalue weighted by Crippen LogP contribution is 2.44. The zero-order valence-electron chi connectivity index (χ0n) is 25.2. The summed E-state index contributed by atoms with van der Waals surface area (Å²) in [7, 11) is 1.49. The number of anilines is 1. The number of aromatic nitrogens is 2. The van der Waals surface area contributed by atoms with Gasteiger partial charge in [-0.1, -0.05) is 51.1 Å². The van der Waals surface area contributed by atoms with Crippen molar-refractivity contribution in [3.05, 3.63) is 65.2 Å². The van der Waals surface area contributed by atoms with Crippen LogP contribution in [-0.2, 0) is 9.53 Å². The van der Waals surface area contributed by atoms with Crippen LogP contribution in [0.5, 0.6) is 5.88 Å². The summed E-state index contributed by atoms with van der Waals surface area (Å²) < 4.78 is 14.9. The Kier molecular flexibility index (Phi) is 8.93. The Hall–Kier alpha value is -3.06. The van der Waals surface area contributed by atoms with Gasteiger partial charge >= 0.3 is 5.97 Å². The van der Waals surface area contributed by atoms with E-state index in [2.05, 4.69) is 81.8 Å². The molecule has 1 aliphatic carbocycles. The molecule has 0 spiro atoms. The first-order valence-electron chi connectivity index (χ1n) is 14.8. The van der Waals surface area contributed by atoms with Gasteiger partial charge in [-0.05, 0) is 104 Å². The molecule has 2 heterocycles. The lowest BCUT2D eigenvalue weighted by molar-refractivity contribution is -0.150. The van der Waals surface area contributed by atoms with Crippen molar-refractivity contribution in [2.24, 2.45) is 23.2 Å². The number of nitrogens with one attached hydrogen (secondary N) is 1. The molecule has 1 saturated carbocycles. The summed E-state index contributed by atoms with van der Waals surface area (Å²) in [4.78, 5) is 22.8. The third kappa shape index (κ3) is 7.24. The van der Waals surface area contributed by atoms with E-state index in [1.54, 1.807) is 0 Å². The molecule has 6 nitrogen and oxygen atoms in total. The average Bonchev–Trinajstić information content (AvgIpc) is 2.90. The summed E-state index contributed by atoms with van der Waals surface area (Å²) in [6.45, 7) is 11.8. The monoisotopic (exact) mass is 573 g/mol. The van der Waals surface area contributed by atoms with Crippen LogP contribution < -0.4 is 9.46 Å². The fraction of sp³-hybridized carbons (Fsp3) is 0.500. The number of rotatable bonds is 6. The molecule has 218 valence electrons. The third-order valence-electron chi connectivity index (χ3n) is 8.53. The molecule has 4 bridgehead atoms. The number of esters is 1. The van der Waals surface area contributed by atoms with Crippen LogP contribution in [0.15, 0.2) is 53.4 Å². The van der Waals surface area contributed by atoms with Gasteiger partial charge in [-0.25, -0.2) is 4.98 Å². The van der Waals surface area contributed by atoms with Crippen LogP contribution in [0.4, 0.5) is 5.95 Å². The Morgan fingerprint density at radius 1 is 1.05 bits per heavy atom. The summed E-state index contributed by atoms with van der Waals surface area (Å²) in [5, 5.41) is 0. The number of nitrogens with zero attached hydrogens (tertiary/aromatic N) is 2. The van der Waals surface area contributed by atoms with Gasteiger partial charge in [0, 0.05) is 22.4 Å². The maximum atomic E-state index is 12.0. The van der Waals surface area contributed by atoms with Crippen LogP contribution in [-0.4, -0.2) is 29.7 Å². The molecule has 0 radical (unpaired) electrons. The van der Waals surface area contributed by atoms with Gasteiger partial charge < -0.3 is 9.47 Å². The molecule has 2 atom stereocenters. The lowest BCUT2D eigenvalue weighted by Gasteiger charge is -2.37. The van der Waals surface area contributed by atoms with Crippen LogP contribution >= 0.6 is 11.9 Å². The van der Waals surface area contributed by atoms with Crippen molar-refractivity contribution in [3.63, 3.8) is 0 Å². The molecular formula is C34H43N3O3S. The second-order valence-corrected chi connectivity index (χ2v) is 13.9. The molecule has 2 aliphatic rings. The van der Waals surface area contributed by atoms with E-state index >= 15 is 0 Å². The molecule has 7 heteroatoms. The van der Waals surface area contributed by atoms with Gasteiger partial charge in [0.25, 0.3) is 0 Å². The fourth-order valence-corrected chi connectivity index (χ4v) is 7.16. The van der Waals surface area contributed by atoms with Crippen molar-refractivity contribution in [3.8, 4) is 17.1 Å².